The fraction of sp³-hybridized carbons (Fsp3) is 0.120. The lowest BCUT2D eigenvalue weighted by molar-refractivity contribution is -0.138. The van der Waals surface area contributed by atoms with Gasteiger partial charge in [0.2, 0.25) is 0 Å². The molecule has 3 aromatic rings. The number of carboxylic acids is 1. The van der Waals surface area contributed by atoms with Gasteiger partial charge in [-0.05, 0) is 66.2 Å². The van der Waals surface area contributed by atoms with Crippen LogP contribution in [0.1, 0.15) is 11.7 Å². The van der Waals surface area contributed by atoms with Crippen LogP contribution in [0.4, 0.5) is 11.4 Å². The number of halogens is 3. The van der Waals surface area contributed by atoms with E-state index >= 15 is 0 Å². The van der Waals surface area contributed by atoms with Gasteiger partial charge in [-0.25, -0.2) is 9.59 Å². The molecule has 0 bridgehead atoms. The second kappa shape index (κ2) is 10.3. The monoisotopic (exact) mass is 648 g/mol. The molecule has 1 N–H and O–H groups in total. The van der Waals surface area contributed by atoms with E-state index in [1.165, 1.54) is 7.11 Å². The Labute approximate surface area is 222 Å². The van der Waals surface area contributed by atoms with E-state index in [2.05, 4.69) is 47.8 Å². The van der Waals surface area contributed by atoms with Crippen LogP contribution in [-0.4, -0.2) is 30.7 Å². The highest BCUT2D eigenvalue weighted by atomic mass is 79.9. The molecule has 0 saturated heterocycles. The van der Waals surface area contributed by atoms with Crippen LogP contribution in [0, 0.1) is 0 Å². The van der Waals surface area contributed by atoms with Crippen LogP contribution in [0.3, 0.4) is 0 Å². The number of hydrogen-bond acceptors (Lipinski definition) is 5. The minimum Gasteiger partial charge on any atom is -0.478 e. The van der Waals surface area contributed by atoms with Crippen molar-refractivity contribution in [2.24, 2.45) is 0 Å². The summed E-state index contributed by atoms with van der Waals surface area (Å²) in [6.45, 7) is 0.00908. The van der Waals surface area contributed by atoms with E-state index in [0.29, 0.717) is 5.69 Å². The molecule has 1 atom stereocenters. The highest BCUT2D eigenvalue weighted by Crippen LogP contribution is 2.42. The molecule has 0 spiro atoms. The number of nitrogens with zero attached hydrogens (tertiary/aromatic N) is 2. The van der Waals surface area contributed by atoms with Crippen LogP contribution in [-0.2, 0) is 14.3 Å². The molecule has 1 unspecified atom stereocenters. The molecule has 0 fully saturated rings. The van der Waals surface area contributed by atoms with Gasteiger partial charge in [0, 0.05) is 24.8 Å². The van der Waals surface area contributed by atoms with Crippen molar-refractivity contribution in [3.05, 3.63) is 103 Å². The second-order valence-corrected chi connectivity index (χ2v) is 10.2. The first-order valence-electron chi connectivity index (χ1n) is 10.2. The molecule has 1 heterocycles. The average Bonchev–Trinajstić information content (AvgIpc) is 2.84. The van der Waals surface area contributed by atoms with Crippen molar-refractivity contribution in [3.63, 3.8) is 0 Å². The highest BCUT2D eigenvalue weighted by molar-refractivity contribution is 9.11. The summed E-state index contributed by atoms with van der Waals surface area (Å²) < 4.78 is 7.74. The predicted molar refractivity (Wildman–Crippen MR) is 142 cm³/mol. The van der Waals surface area contributed by atoms with Gasteiger partial charge in [0.1, 0.15) is 11.9 Å². The summed E-state index contributed by atoms with van der Waals surface area (Å²) in [6, 6.07) is 22.7. The number of hydrogen-bond donors (Lipinski definition) is 1. The number of ether oxygens (including phenoxy) is 1. The van der Waals surface area contributed by atoms with E-state index in [0.717, 1.165) is 24.7 Å². The minimum absolute atomic E-state index is 0.00129. The van der Waals surface area contributed by atoms with Crippen molar-refractivity contribution < 1.29 is 19.4 Å². The van der Waals surface area contributed by atoms with Crippen molar-refractivity contribution in [1.29, 1.82) is 0 Å². The zero-order valence-electron chi connectivity index (χ0n) is 17.9. The molecular formula is C25H19Br3N2O4. The molecule has 9 heteroatoms. The molecule has 0 radical (unpaired) electrons. The molecule has 0 amide bonds. The third kappa shape index (κ3) is 4.92. The largest absolute Gasteiger partial charge is 0.478 e. The van der Waals surface area contributed by atoms with Crippen LogP contribution in [0.5, 0.6) is 0 Å². The van der Waals surface area contributed by atoms with Crippen molar-refractivity contribution in [1.82, 2.24) is 0 Å². The molecule has 174 valence electrons. The third-order valence-electron chi connectivity index (χ3n) is 5.46. The molecule has 1 aliphatic rings. The van der Waals surface area contributed by atoms with Crippen LogP contribution in [0.25, 0.3) is 0 Å². The second-order valence-electron chi connectivity index (χ2n) is 7.50. The maximum absolute atomic E-state index is 13.0. The lowest BCUT2D eigenvalue weighted by Crippen LogP contribution is -2.50. The maximum Gasteiger partial charge on any atom is 0.355 e. The molecule has 4 rings (SSSR count). The maximum atomic E-state index is 13.0. The van der Waals surface area contributed by atoms with Crippen LogP contribution < -0.4 is 9.80 Å². The number of carbonyl (C=O) groups is 2. The van der Waals surface area contributed by atoms with E-state index in [9.17, 15) is 14.7 Å². The molecular weight excluding hydrogens is 632 g/mol. The summed E-state index contributed by atoms with van der Waals surface area (Å²) in [7, 11) is 1.25. The van der Waals surface area contributed by atoms with Gasteiger partial charge in [0.05, 0.1) is 19.2 Å². The normalized spacial score (nSPS) is 15.9. The number of esters is 1. The van der Waals surface area contributed by atoms with E-state index in [1.54, 1.807) is 4.90 Å². The number of anilines is 2. The van der Waals surface area contributed by atoms with Gasteiger partial charge in [0.15, 0.2) is 0 Å². The van der Waals surface area contributed by atoms with Crippen LogP contribution in [0.15, 0.2) is 97.5 Å². The van der Waals surface area contributed by atoms with E-state index < -0.39 is 18.1 Å². The SMILES string of the molecule is COC(=O)C1=C(C(=O)O)CN(c2ccc(Br)cc2)C(c2ccc(Br)cc2)N1c1ccc(Br)cc1. The lowest BCUT2D eigenvalue weighted by atomic mass is 9.99. The van der Waals surface area contributed by atoms with Crippen molar-refractivity contribution in [3.8, 4) is 0 Å². The van der Waals surface area contributed by atoms with Crippen molar-refractivity contribution in [2.75, 3.05) is 23.5 Å². The summed E-state index contributed by atoms with van der Waals surface area (Å²) in [5.41, 5.74) is 2.28. The van der Waals surface area contributed by atoms with Gasteiger partial charge in [-0.1, -0.05) is 59.9 Å². The standard InChI is InChI=1S/C25H19Br3N2O4/c1-34-25(33)22-21(24(31)32)14-29(19-10-6-17(27)7-11-19)23(15-2-4-16(26)5-3-15)30(22)20-12-8-18(28)9-13-20/h2-13,23H,14H2,1H3,(H,31,32). The Morgan fingerprint density at radius 2 is 1.29 bits per heavy atom. The Morgan fingerprint density at radius 1 is 0.824 bits per heavy atom. The fourth-order valence-electron chi connectivity index (χ4n) is 3.93. The Kier molecular flexibility index (Phi) is 7.45. The van der Waals surface area contributed by atoms with Crippen molar-refractivity contribution in [2.45, 2.75) is 6.17 Å². The Balaban J connectivity index is 2.03. The number of carboxylic acid groups (broad SMARTS) is 1. The number of benzene rings is 3. The summed E-state index contributed by atoms with van der Waals surface area (Å²) in [6.07, 6.45) is -0.521. The Morgan fingerprint density at radius 3 is 1.76 bits per heavy atom. The summed E-state index contributed by atoms with van der Waals surface area (Å²) in [5, 5.41) is 10.1. The third-order valence-corrected chi connectivity index (χ3v) is 7.05. The topological polar surface area (TPSA) is 70.1 Å². The quantitative estimate of drug-likeness (QED) is 0.318. The van der Waals surface area contributed by atoms with Gasteiger partial charge in [-0.3, -0.25) is 0 Å². The smallest absolute Gasteiger partial charge is 0.355 e. The van der Waals surface area contributed by atoms with Gasteiger partial charge in [-0.2, -0.15) is 0 Å². The summed E-state index contributed by atoms with van der Waals surface area (Å²) >= 11 is 10.4. The Hall–Kier alpha value is -2.62. The number of carbonyl (C=O) groups excluding carboxylic acids is 1. The first-order valence-corrected chi connectivity index (χ1v) is 12.5. The number of rotatable bonds is 5. The number of aliphatic carboxylic acids is 1. The Bertz CT molecular complexity index is 1240. The molecule has 0 aromatic heterocycles. The summed E-state index contributed by atoms with van der Waals surface area (Å²) in [5.74, 6) is -1.89. The molecule has 0 aliphatic carbocycles. The van der Waals surface area contributed by atoms with E-state index in [4.69, 9.17) is 4.74 Å². The lowest BCUT2D eigenvalue weighted by Gasteiger charge is -2.46. The molecule has 6 nitrogen and oxygen atoms in total. The molecule has 34 heavy (non-hydrogen) atoms. The first kappa shape index (κ1) is 24.5. The average molecular weight is 651 g/mol. The van der Waals surface area contributed by atoms with Gasteiger partial charge in [0.25, 0.3) is 0 Å². The molecule has 3 aromatic carbocycles. The highest BCUT2D eigenvalue weighted by Gasteiger charge is 2.42. The van der Waals surface area contributed by atoms with Crippen molar-refractivity contribution >= 4 is 71.1 Å². The fourth-order valence-corrected chi connectivity index (χ4v) is 4.72. The first-order chi connectivity index (χ1) is 16.3. The summed E-state index contributed by atoms with van der Waals surface area (Å²) in [4.78, 5) is 29.1. The zero-order valence-corrected chi connectivity index (χ0v) is 22.7. The van der Waals surface area contributed by atoms with Crippen LogP contribution >= 0.6 is 47.8 Å². The predicted octanol–water partition coefficient (Wildman–Crippen LogP) is 6.51. The minimum atomic E-state index is -1.18. The van der Waals surface area contributed by atoms with Crippen LogP contribution in [0.2, 0.25) is 0 Å². The van der Waals surface area contributed by atoms with Gasteiger partial charge >= 0.3 is 11.9 Å². The van der Waals surface area contributed by atoms with Gasteiger partial charge < -0.3 is 19.6 Å². The molecule has 1 aliphatic heterocycles. The van der Waals surface area contributed by atoms with E-state index in [-0.39, 0.29) is 17.8 Å². The number of methoxy groups -OCH3 is 1. The zero-order chi connectivity index (χ0) is 24.4. The molecule has 0 saturated carbocycles. The van der Waals surface area contributed by atoms with Gasteiger partial charge in [-0.15, -0.1) is 0 Å². The van der Waals surface area contributed by atoms with E-state index in [1.807, 2.05) is 77.7 Å².